The van der Waals surface area contributed by atoms with Crippen LogP contribution < -0.4 is 10.6 Å². The second-order valence-corrected chi connectivity index (χ2v) is 4.09. The molecule has 1 aromatic rings. The molecule has 0 spiro atoms. The number of hydrogen-bond donors (Lipinski definition) is 2. The summed E-state index contributed by atoms with van der Waals surface area (Å²) in [6.45, 7) is 9.39. The zero-order valence-electron chi connectivity index (χ0n) is 9.88. The second kappa shape index (κ2) is 6.40. The first kappa shape index (κ1) is 12.0. The molecule has 0 aliphatic carbocycles. The summed E-state index contributed by atoms with van der Waals surface area (Å²) < 4.78 is 0. The predicted molar refractivity (Wildman–Crippen MR) is 64.9 cm³/mol. The molecule has 84 valence electrons. The van der Waals surface area contributed by atoms with Gasteiger partial charge >= 0.3 is 0 Å². The third kappa shape index (κ3) is 4.30. The van der Waals surface area contributed by atoms with E-state index in [1.165, 1.54) is 11.3 Å². The monoisotopic (exact) mass is 207 g/mol. The van der Waals surface area contributed by atoms with Gasteiger partial charge in [-0.2, -0.15) is 0 Å². The highest BCUT2D eigenvalue weighted by atomic mass is 14.9. The third-order valence-electron chi connectivity index (χ3n) is 2.14. The minimum absolute atomic E-state index is 0.684. The Hall–Kier alpha value is -1.09. The van der Waals surface area contributed by atoms with E-state index < -0.39 is 0 Å². The number of rotatable bonds is 6. The summed E-state index contributed by atoms with van der Waals surface area (Å²) in [7, 11) is 0. The van der Waals surface area contributed by atoms with Gasteiger partial charge in [-0.25, -0.2) is 0 Å². The van der Waals surface area contributed by atoms with E-state index in [9.17, 15) is 0 Å². The molecule has 3 nitrogen and oxygen atoms in total. The molecule has 1 heterocycles. The van der Waals surface area contributed by atoms with E-state index in [0.717, 1.165) is 19.6 Å². The minimum Gasteiger partial charge on any atom is -0.385 e. The van der Waals surface area contributed by atoms with Crippen LogP contribution in [-0.2, 0) is 6.54 Å². The summed E-state index contributed by atoms with van der Waals surface area (Å²) in [5.41, 5.74) is 2.42. The Balaban J connectivity index is 2.51. The van der Waals surface area contributed by atoms with Crippen molar-refractivity contribution in [2.75, 3.05) is 18.4 Å². The van der Waals surface area contributed by atoms with Crippen LogP contribution in [0.4, 0.5) is 5.69 Å². The van der Waals surface area contributed by atoms with E-state index in [1.807, 2.05) is 18.5 Å². The molecule has 2 N–H and O–H groups in total. The maximum Gasteiger partial charge on any atom is 0.0416 e. The summed E-state index contributed by atoms with van der Waals surface area (Å²) in [6.07, 6.45) is 3.75. The molecule has 1 aromatic heterocycles. The van der Waals surface area contributed by atoms with Gasteiger partial charge in [0, 0.05) is 36.7 Å². The fourth-order valence-corrected chi connectivity index (χ4v) is 1.43. The van der Waals surface area contributed by atoms with Crippen LogP contribution in [0.1, 0.15) is 26.3 Å². The highest BCUT2D eigenvalue weighted by Gasteiger charge is 2.01. The highest BCUT2D eigenvalue weighted by Crippen LogP contribution is 2.12. The van der Waals surface area contributed by atoms with Crippen LogP contribution in [0.25, 0.3) is 0 Å². The Labute approximate surface area is 92.3 Å². The SMILES string of the molecule is CCNc1ccncc1CNCC(C)C. The van der Waals surface area contributed by atoms with Gasteiger partial charge in [-0.05, 0) is 25.5 Å². The van der Waals surface area contributed by atoms with Crippen molar-refractivity contribution in [1.29, 1.82) is 0 Å². The van der Waals surface area contributed by atoms with E-state index in [2.05, 4.69) is 36.4 Å². The van der Waals surface area contributed by atoms with E-state index >= 15 is 0 Å². The summed E-state index contributed by atoms with van der Waals surface area (Å²) >= 11 is 0. The lowest BCUT2D eigenvalue weighted by atomic mass is 10.2. The number of anilines is 1. The van der Waals surface area contributed by atoms with Crippen LogP contribution in [0.5, 0.6) is 0 Å². The molecule has 0 radical (unpaired) electrons. The standard InChI is InChI=1S/C12H21N3/c1-4-15-12-5-6-13-8-11(12)9-14-7-10(2)3/h5-6,8,10,14H,4,7,9H2,1-3H3,(H,13,15). The predicted octanol–water partition coefficient (Wildman–Crippen LogP) is 2.26. The van der Waals surface area contributed by atoms with Gasteiger partial charge < -0.3 is 10.6 Å². The van der Waals surface area contributed by atoms with Crippen LogP contribution in [0.3, 0.4) is 0 Å². The lowest BCUT2D eigenvalue weighted by Gasteiger charge is -2.11. The molecule has 0 aliphatic heterocycles. The fourth-order valence-electron chi connectivity index (χ4n) is 1.43. The van der Waals surface area contributed by atoms with Crippen LogP contribution in [-0.4, -0.2) is 18.1 Å². The first-order valence-corrected chi connectivity index (χ1v) is 5.61. The molecule has 0 aromatic carbocycles. The largest absolute Gasteiger partial charge is 0.385 e. The van der Waals surface area contributed by atoms with Crippen molar-refractivity contribution in [3.05, 3.63) is 24.0 Å². The highest BCUT2D eigenvalue weighted by molar-refractivity contribution is 5.49. The van der Waals surface area contributed by atoms with Crippen LogP contribution >= 0.6 is 0 Å². The number of nitrogens with zero attached hydrogens (tertiary/aromatic N) is 1. The van der Waals surface area contributed by atoms with Crippen molar-refractivity contribution in [2.24, 2.45) is 5.92 Å². The van der Waals surface area contributed by atoms with Gasteiger partial charge in [0.25, 0.3) is 0 Å². The Kier molecular flexibility index (Phi) is 5.12. The fraction of sp³-hybridized carbons (Fsp3) is 0.583. The van der Waals surface area contributed by atoms with E-state index in [-0.39, 0.29) is 0 Å². The van der Waals surface area contributed by atoms with E-state index in [4.69, 9.17) is 0 Å². The van der Waals surface area contributed by atoms with Gasteiger partial charge in [-0.1, -0.05) is 13.8 Å². The molecule has 0 unspecified atom stereocenters. The lowest BCUT2D eigenvalue weighted by molar-refractivity contribution is 0.552. The molecule has 0 bridgehead atoms. The molecular formula is C12H21N3. The molecule has 3 heteroatoms. The molecule has 0 saturated carbocycles. The van der Waals surface area contributed by atoms with Gasteiger partial charge in [0.15, 0.2) is 0 Å². The van der Waals surface area contributed by atoms with Gasteiger partial charge in [0.1, 0.15) is 0 Å². The zero-order valence-corrected chi connectivity index (χ0v) is 9.88. The molecule has 1 rings (SSSR count). The van der Waals surface area contributed by atoms with Crippen molar-refractivity contribution >= 4 is 5.69 Å². The summed E-state index contributed by atoms with van der Waals surface area (Å²) in [5.74, 6) is 0.684. The molecule has 0 fully saturated rings. The third-order valence-corrected chi connectivity index (χ3v) is 2.14. The second-order valence-electron chi connectivity index (χ2n) is 4.09. The van der Waals surface area contributed by atoms with Gasteiger partial charge in [-0.15, -0.1) is 0 Å². The molecular weight excluding hydrogens is 186 g/mol. The van der Waals surface area contributed by atoms with Crippen molar-refractivity contribution in [3.8, 4) is 0 Å². The Morgan fingerprint density at radius 2 is 2.20 bits per heavy atom. The zero-order chi connectivity index (χ0) is 11.1. The normalized spacial score (nSPS) is 10.7. The Morgan fingerprint density at radius 3 is 2.87 bits per heavy atom. The van der Waals surface area contributed by atoms with Gasteiger partial charge in [0.2, 0.25) is 0 Å². The van der Waals surface area contributed by atoms with Crippen LogP contribution in [0.2, 0.25) is 0 Å². The maximum absolute atomic E-state index is 4.15. The quantitative estimate of drug-likeness (QED) is 0.751. The van der Waals surface area contributed by atoms with Crippen molar-refractivity contribution in [3.63, 3.8) is 0 Å². The smallest absolute Gasteiger partial charge is 0.0416 e. The summed E-state index contributed by atoms with van der Waals surface area (Å²) in [5, 5.41) is 6.75. The van der Waals surface area contributed by atoms with E-state index in [0.29, 0.717) is 5.92 Å². The lowest BCUT2D eigenvalue weighted by Crippen LogP contribution is -2.19. The van der Waals surface area contributed by atoms with Crippen molar-refractivity contribution in [1.82, 2.24) is 10.3 Å². The van der Waals surface area contributed by atoms with Crippen LogP contribution in [0, 0.1) is 5.92 Å². The molecule has 0 amide bonds. The van der Waals surface area contributed by atoms with E-state index in [1.54, 1.807) is 0 Å². The number of aromatic nitrogens is 1. The Morgan fingerprint density at radius 1 is 1.40 bits per heavy atom. The first-order chi connectivity index (χ1) is 7.24. The van der Waals surface area contributed by atoms with Gasteiger partial charge in [-0.3, -0.25) is 4.98 Å². The number of nitrogens with one attached hydrogen (secondary N) is 2. The minimum atomic E-state index is 0.684. The van der Waals surface area contributed by atoms with Crippen LogP contribution in [0.15, 0.2) is 18.5 Å². The van der Waals surface area contributed by atoms with Crippen molar-refractivity contribution in [2.45, 2.75) is 27.3 Å². The molecule has 0 saturated heterocycles. The molecule has 15 heavy (non-hydrogen) atoms. The molecule has 0 atom stereocenters. The first-order valence-electron chi connectivity index (χ1n) is 5.61. The van der Waals surface area contributed by atoms with Gasteiger partial charge in [0.05, 0.1) is 0 Å². The number of hydrogen-bond acceptors (Lipinski definition) is 3. The molecule has 0 aliphatic rings. The maximum atomic E-state index is 4.15. The number of pyridine rings is 1. The average Bonchev–Trinajstić information content (AvgIpc) is 2.20. The Bertz CT molecular complexity index is 284. The topological polar surface area (TPSA) is 37.0 Å². The summed E-state index contributed by atoms with van der Waals surface area (Å²) in [4.78, 5) is 4.15. The summed E-state index contributed by atoms with van der Waals surface area (Å²) in [6, 6.07) is 2.02. The average molecular weight is 207 g/mol. The van der Waals surface area contributed by atoms with Crippen molar-refractivity contribution < 1.29 is 0 Å².